The van der Waals surface area contributed by atoms with Crippen molar-refractivity contribution in [2.24, 2.45) is 5.73 Å². The number of rotatable bonds is 1. The van der Waals surface area contributed by atoms with E-state index in [9.17, 15) is 22.0 Å². The van der Waals surface area contributed by atoms with Gasteiger partial charge >= 0.3 is 6.18 Å². The SMILES string of the molecule is Nc1cc(F)c([C@H](N)C(F)(F)F)c(F)c1. The second-order valence-electron chi connectivity index (χ2n) is 2.92. The van der Waals surface area contributed by atoms with Gasteiger partial charge in [0.05, 0.1) is 0 Å². The summed E-state index contributed by atoms with van der Waals surface area (Å²) in [4.78, 5) is 0. The highest BCUT2D eigenvalue weighted by atomic mass is 19.4. The molecule has 0 saturated heterocycles. The Morgan fingerprint density at radius 2 is 1.47 bits per heavy atom. The minimum absolute atomic E-state index is 0.303. The Bertz CT molecular complexity index is 351. The fraction of sp³-hybridized carbons (Fsp3) is 0.250. The van der Waals surface area contributed by atoms with Gasteiger partial charge in [0.25, 0.3) is 0 Å². The van der Waals surface area contributed by atoms with Crippen molar-refractivity contribution in [2.75, 3.05) is 5.73 Å². The van der Waals surface area contributed by atoms with E-state index >= 15 is 0 Å². The second kappa shape index (κ2) is 3.65. The Morgan fingerprint density at radius 1 is 1.07 bits per heavy atom. The summed E-state index contributed by atoms with van der Waals surface area (Å²) in [6.45, 7) is 0. The Kier molecular flexibility index (Phi) is 2.85. The van der Waals surface area contributed by atoms with E-state index < -0.39 is 29.4 Å². The number of nitrogen functional groups attached to an aromatic ring is 1. The largest absolute Gasteiger partial charge is 0.407 e. The van der Waals surface area contributed by atoms with Crippen LogP contribution in [0.3, 0.4) is 0 Å². The highest BCUT2D eigenvalue weighted by Crippen LogP contribution is 2.33. The molecule has 4 N–H and O–H groups in total. The molecule has 1 aromatic carbocycles. The van der Waals surface area contributed by atoms with Gasteiger partial charge in [-0.1, -0.05) is 0 Å². The van der Waals surface area contributed by atoms with Crippen LogP contribution < -0.4 is 11.5 Å². The molecule has 1 aromatic rings. The van der Waals surface area contributed by atoms with E-state index in [1.165, 1.54) is 0 Å². The summed E-state index contributed by atoms with van der Waals surface area (Å²) >= 11 is 0. The summed E-state index contributed by atoms with van der Waals surface area (Å²) in [5.41, 5.74) is 8.19. The average Bonchev–Trinajstić information content (AvgIpc) is 1.99. The Balaban J connectivity index is 3.26. The summed E-state index contributed by atoms with van der Waals surface area (Å²) in [7, 11) is 0. The van der Waals surface area contributed by atoms with Gasteiger partial charge in [0.2, 0.25) is 0 Å². The van der Waals surface area contributed by atoms with Gasteiger partial charge in [0, 0.05) is 11.3 Å². The van der Waals surface area contributed by atoms with Gasteiger partial charge in [-0.3, -0.25) is 0 Å². The molecular formula is C8H7F5N2. The number of halogens is 5. The first-order chi connectivity index (χ1) is 6.73. The van der Waals surface area contributed by atoms with E-state index in [0.717, 1.165) is 0 Å². The molecule has 0 heterocycles. The van der Waals surface area contributed by atoms with Crippen molar-refractivity contribution in [1.29, 1.82) is 0 Å². The lowest BCUT2D eigenvalue weighted by Gasteiger charge is -2.17. The molecule has 0 unspecified atom stereocenters. The molecular weight excluding hydrogens is 219 g/mol. The number of hydrogen-bond acceptors (Lipinski definition) is 2. The van der Waals surface area contributed by atoms with Crippen molar-refractivity contribution in [3.8, 4) is 0 Å². The van der Waals surface area contributed by atoms with Crippen LogP contribution in [0.5, 0.6) is 0 Å². The van der Waals surface area contributed by atoms with Crippen LogP contribution in [-0.4, -0.2) is 6.18 Å². The van der Waals surface area contributed by atoms with Gasteiger partial charge in [0.15, 0.2) is 0 Å². The van der Waals surface area contributed by atoms with Crippen molar-refractivity contribution in [1.82, 2.24) is 0 Å². The van der Waals surface area contributed by atoms with Crippen LogP contribution in [0.2, 0.25) is 0 Å². The molecule has 0 aromatic heterocycles. The van der Waals surface area contributed by atoms with Crippen LogP contribution in [0.15, 0.2) is 12.1 Å². The lowest BCUT2D eigenvalue weighted by molar-refractivity contribution is -0.150. The first kappa shape index (κ1) is 11.7. The number of benzene rings is 1. The molecule has 0 fully saturated rings. The summed E-state index contributed by atoms with van der Waals surface area (Å²) in [6, 6.07) is -1.52. The first-order valence-corrected chi connectivity index (χ1v) is 3.80. The van der Waals surface area contributed by atoms with E-state index in [0.29, 0.717) is 12.1 Å². The molecule has 0 radical (unpaired) electrons. The average molecular weight is 226 g/mol. The van der Waals surface area contributed by atoms with Gasteiger partial charge in [-0.25, -0.2) is 8.78 Å². The third-order valence-electron chi connectivity index (χ3n) is 1.77. The van der Waals surface area contributed by atoms with E-state index in [1.54, 1.807) is 0 Å². The Hall–Kier alpha value is -1.37. The van der Waals surface area contributed by atoms with Crippen LogP contribution in [0.25, 0.3) is 0 Å². The number of nitrogens with two attached hydrogens (primary N) is 2. The van der Waals surface area contributed by atoms with Gasteiger partial charge < -0.3 is 11.5 Å². The van der Waals surface area contributed by atoms with Crippen molar-refractivity contribution in [3.05, 3.63) is 29.3 Å². The standard InChI is InChI=1S/C8H7F5N2/c9-4-1-3(14)2-5(10)6(4)7(15)8(11,12)13/h1-2,7H,14-15H2/t7-/m0/s1. The van der Waals surface area contributed by atoms with Crippen LogP contribution >= 0.6 is 0 Å². The molecule has 1 rings (SSSR count). The third kappa shape index (κ3) is 2.35. The maximum atomic E-state index is 13.0. The highest BCUT2D eigenvalue weighted by molar-refractivity contribution is 5.42. The topological polar surface area (TPSA) is 52.0 Å². The molecule has 0 aliphatic rings. The predicted octanol–water partition coefficient (Wildman–Crippen LogP) is 2.11. The minimum atomic E-state index is -4.90. The fourth-order valence-electron chi connectivity index (χ4n) is 1.06. The van der Waals surface area contributed by atoms with E-state index in [4.69, 9.17) is 5.73 Å². The zero-order valence-corrected chi connectivity index (χ0v) is 7.28. The second-order valence-corrected chi connectivity index (χ2v) is 2.92. The normalized spacial score (nSPS) is 14.0. The van der Waals surface area contributed by atoms with Crippen LogP contribution in [0.4, 0.5) is 27.6 Å². The molecule has 7 heteroatoms. The van der Waals surface area contributed by atoms with E-state index in [1.807, 2.05) is 0 Å². The summed E-state index contributed by atoms with van der Waals surface area (Å²) < 4.78 is 62.3. The summed E-state index contributed by atoms with van der Waals surface area (Å²) in [5, 5.41) is 0. The molecule has 0 aliphatic heterocycles. The number of hydrogen-bond donors (Lipinski definition) is 2. The molecule has 0 spiro atoms. The molecule has 84 valence electrons. The van der Waals surface area contributed by atoms with Crippen LogP contribution in [0.1, 0.15) is 11.6 Å². The van der Waals surface area contributed by atoms with Crippen molar-refractivity contribution in [2.45, 2.75) is 12.2 Å². The quantitative estimate of drug-likeness (QED) is 0.569. The Morgan fingerprint density at radius 3 is 1.80 bits per heavy atom. The molecule has 0 saturated carbocycles. The minimum Gasteiger partial charge on any atom is -0.399 e. The van der Waals surface area contributed by atoms with Crippen molar-refractivity contribution < 1.29 is 22.0 Å². The summed E-state index contributed by atoms with van der Waals surface area (Å²) in [6.07, 6.45) is -4.90. The molecule has 0 aliphatic carbocycles. The van der Waals surface area contributed by atoms with Gasteiger partial charge in [-0.15, -0.1) is 0 Å². The molecule has 15 heavy (non-hydrogen) atoms. The lowest BCUT2D eigenvalue weighted by Crippen LogP contribution is -2.30. The molecule has 0 bridgehead atoms. The highest BCUT2D eigenvalue weighted by Gasteiger charge is 2.41. The first-order valence-electron chi connectivity index (χ1n) is 3.80. The van der Waals surface area contributed by atoms with Gasteiger partial charge in [-0.2, -0.15) is 13.2 Å². The van der Waals surface area contributed by atoms with Crippen LogP contribution in [0, 0.1) is 11.6 Å². The molecule has 1 atom stereocenters. The maximum Gasteiger partial charge on any atom is 0.407 e. The van der Waals surface area contributed by atoms with Crippen molar-refractivity contribution >= 4 is 5.69 Å². The molecule has 2 nitrogen and oxygen atoms in total. The van der Waals surface area contributed by atoms with Crippen molar-refractivity contribution in [3.63, 3.8) is 0 Å². The zero-order valence-electron chi connectivity index (χ0n) is 7.28. The van der Waals surface area contributed by atoms with E-state index in [2.05, 4.69) is 5.73 Å². The number of alkyl halides is 3. The zero-order chi connectivity index (χ0) is 11.8. The summed E-state index contributed by atoms with van der Waals surface area (Å²) in [5.74, 6) is -2.81. The smallest absolute Gasteiger partial charge is 0.399 e. The van der Waals surface area contributed by atoms with Crippen LogP contribution in [-0.2, 0) is 0 Å². The monoisotopic (exact) mass is 226 g/mol. The number of anilines is 1. The predicted molar refractivity (Wildman–Crippen MR) is 43.8 cm³/mol. The maximum absolute atomic E-state index is 13.0. The Labute approximate surface area is 81.7 Å². The van der Waals surface area contributed by atoms with E-state index in [-0.39, 0.29) is 5.69 Å². The fourth-order valence-corrected chi connectivity index (χ4v) is 1.06. The lowest BCUT2D eigenvalue weighted by atomic mass is 10.1. The van der Waals surface area contributed by atoms with Gasteiger partial charge in [0.1, 0.15) is 17.7 Å². The van der Waals surface area contributed by atoms with Gasteiger partial charge in [-0.05, 0) is 12.1 Å². The molecule has 0 amide bonds. The third-order valence-corrected chi connectivity index (χ3v) is 1.77.